The predicted molar refractivity (Wildman–Crippen MR) is 106 cm³/mol. The number of aromatic nitrogens is 2. The van der Waals surface area contributed by atoms with Crippen molar-refractivity contribution in [3.05, 3.63) is 35.6 Å². The largest absolute Gasteiger partial charge is 0.494 e. The zero-order valence-electron chi connectivity index (χ0n) is 15.2. The molecule has 0 atom stereocenters. The number of nitrogens with zero attached hydrogens (tertiary/aromatic N) is 3. The minimum Gasteiger partial charge on any atom is -0.494 e. The van der Waals surface area contributed by atoms with Crippen LogP contribution >= 0.6 is 0 Å². The van der Waals surface area contributed by atoms with Gasteiger partial charge in [-0.1, -0.05) is 6.07 Å². The maximum atomic E-state index is 8.27. The number of ether oxygens (including phenoxy) is 1. The lowest BCUT2D eigenvalue weighted by Crippen LogP contribution is -2.40. The lowest BCUT2D eigenvalue weighted by Gasteiger charge is -2.32. The van der Waals surface area contributed by atoms with Gasteiger partial charge in [0.2, 0.25) is 0 Å². The van der Waals surface area contributed by atoms with E-state index < -0.39 is 0 Å². The summed E-state index contributed by atoms with van der Waals surface area (Å²) in [6.45, 7) is 2.45. The Morgan fingerprint density at radius 1 is 1.48 bits per heavy atom. The maximum absolute atomic E-state index is 8.27. The highest BCUT2D eigenvalue weighted by molar-refractivity contribution is 5.86. The van der Waals surface area contributed by atoms with Crippen LogP contribution in [-0.2, 0) is 0 Å². The van der Waals surface area contributed by atoms with Crippen LogP contribution in [0.1, 0.15) is 12.8 Å². The Balaban J connectivity index is 1.83. The van der Waals surface area contributed by atoms with Crippen LogP contribution in [0.15, 0.2) is 35.1 Å². The van der Waals surface area contributed by atoms with Gasteiger partial charge in [0, 0.05) is 37.7 Å². The van der Waals surface area contributed by atoms with Crippen LogP contribution in [0.4, 0.5) is 5.95 Å². The third kappa shape index (κ3) is 4.25. The molecule has 1 aromatic carbocycles. The summed E-state index contributed by atoms with van der Waals surface area (Å²) >= 11 is 0. The standard InChI is InChI=1S/C18H24N8O/c1-27-13-5-2-4-12-16(13)24-18(21)25-17(12)23-14(20)7-11-26-10-3-9-22-15(26)6-8-19/h2,4-6,8,19,22H,3,7,9-11H2,1H3,(H4,20,21,23,24,25)/b15-6+,19-8?. The van der Waals surface area contributed by atoms with Gasteiger partial charge in [-0.15, -0.1) is 0 Å². The van der Waals surface area contributed by atoms with Crippen molar-refractivity contribution in [3.63, 3.8) is 0 Å². The van der Waals surface area contributed by atoms with Crippen LogP contribution in [0.25, 0.3) is 10.9 Å². The zero-order chi connectivity index (χ0) is 19.2. The monoisotopic (exact) mass is 368 g/mol. The Bertz CT molecular complexity index is 946. The number of hydrogen-bond donors (Lipinski definition) is 5. The van der Waals surface area contributed by atoms with Gasteiger partial charge in [0.15, 0.2) is 5.95 Å². The highest BCUT2D eigenvalue weighted by Crippen LogP contribution is 2.20. The third-order valence-electron chi connectivity index (χ3n) is 4.31. The van der Waals surface area contributed by atoms with Crippen molar-refractivity contribution in [2.45, 2.75) is 12.8 Å². The quantitative estimate of drug-likeness (QED) is 0.399. The van der Waals surface area contributed by atoms with E-state index in [1.807, 2.05) is 18.2 Å². The fourth-order valence-corrected chi connectivity index (χ4v) is 3.04. The number of methoxy groups -OCH3 is 1. The van der Waals surface area contributed by atoms with E-state index in [-0.39, 0.29) is 11.8 Å². The molecule has 1 aliphatic rings. The molecule has 9 heteroatoms. The molecule has 1 aliphatic heterocycles. The molecular weight excluding hydrogens is 344 g/mol. The van der Waals surface area contributed by atoms with E-state index in [9.17, 15) is 0 Å². The molecule has 1 saturated heterocycles. The molecule has 3 rings (SSSR count). The molecule has 2 heterocycles. The number of nitrogens with one attached hydrogen (secondary N) is 4. The van der Waals surface area contributed by atoms with E-state index in [1.165, 1.54) is 6.21 Å². The van der Waals surface area contributed by atoms with Crippen LogP contribution < -0.4 is 21.3 Å². The predicted octanol–water partition coefficient (Wildman–Crippen LogP) is 1.21. The Morgan fingerprint density at radius 2 is 2.33 bits per heavy atom. The molecule has 9 nitrogen and oxygen atoms in total. The number of H-pyrrole nitrogens is 1. The van der Waals surface area contributed by atoms with E-state index in [2.05, 4.69) is 25.2 Å². The number of para-hydroxylation sites is 1. The van der Waals surface area contributed by atoms with E-state index in [4.69, 9.17) is 21.3 Å². The molecule has 0 radical (unpaired) electrons. The van der Waals surface area contributed by atoms with E-state index in [0.717, 1.165) is 30.7 Å². The average Bonchev–Trinajstić information content (AvgIpc) is 2.67. The highest BCUT2D eigenvalue weighted by atomic mass is 16.5. The number of fused-ring (bicyclic) bond motifs is 1. The molecule has 0 spiro atoms. The lowest BCUT2D eigenvalue weighted by molar-refractivity contribution is 0.289. The van der Waals surface area contributed by atoms with Gasteiger partial charge in [0.25, 0.3) is 0 Å². The second kappa shape index (κ2) is 8.35. The Labute approximate surface area is 157 Å². The number of nitrogens with two attached hydrogens (primary N) is 1. The molecule has 0 aliphatic carbocycles. The average molecular weight is 368 g/mol. The highest BCUT2D eigenvalue weighted by Gasteiger charge is 2.14. The molecule has 1 fully saturated rings. The number of nitrogen functional groups attached to an aromatic ring is 1. The molecule has 2 aromatic rings. The Morgan fingerprint density at radius 3 is 3.11 bits per heavy atom. The van der Waals surface area contributed by atoms with Gasteiger partial charge >= 0.3 is 0 Å². The lowest BCUT2D eigenvalue weighted by atomic mass is 10.2. The van der Waals surface area contributed by atoms with E-state index >= 15 is 0 Å². The summed E-state index contributed by atoms with van der Waals surface area (Å²) in [7, 11) is 1.58. The minimum absolute atomic E-state index is 0.218. The van der Waals surface area contributed by atoms with Gasteiger partial charge in [0.05, 0.1) is 7.11 Å². The summed E-state index contributed by atoms with van der Waals surface area (Å²) in [5, 5.41) is 19.6. The first-order valence-electron chi connectivity index (χ1n) is 8.76. The molecule has 0 saturated carbocycles. The Kier molecular flexibility index (Phi) is 5.70. The first kappa shape index (κ1) is 18.4. The van der Waals surface area contributed by atoms with Crippen LogP contribution in [0.5, 0.6) is 5.75 Å². The van der Waals surface area contributed by atoms with Crippen molar-refractivity contribution >= 4 is 28.9 Å². The number of hydrogen-bond acceptors (Lipinski definition) is 7. The summed E-state index contributed by atoms with van der Waals surface area (Å²) < 4.78 is 5.34. The molecule has 27 heavy (non-hydrogen) atoms. The van der Waals surface area contributed by atoms with Gasteiger partial charge in [-0.25, -0.2) is 9.98 Å². The molecular formula is C18H24N8O. The number of allylic oxidation sites excluding steroid dienone is 1. The first-order chi connectivity index (χ1) is 13.1. The van der Waals surface area contributed by atoms with Gasteiger partial charge in [-0.2, -0.15) is 0 Å². The number of aromatic amines is 1. The smallest absolute Gasteiger partial charge is 0.199 e. The molecule has 1 aromatic heterocycles. The second-order valence-corrected chi connectivity index (χ2v) is 6.12. The molecule has 0 bridgehead atoms. The van der Waals surface area contributed by atoms with Gasteiger partial charge in [0.1, 0.15) is 28.4 Å². The zero-order valence-corrected chi connectivity index (χ0v) is 15.2. The van der Waals surface area contributed by atoms with Crippen LogP contribution in [0.2, 0.25) is 0 Å². The first-order valence-corrected chi connectivity index (χ1v) is 8.76. The van der Waals surface area contributed by atoms with Crippen LogP contribution in [0.3, 0.4) is 0 Å². The van der Waals surface area contributed by atoms with Crippen molar-refractivity contribution < 1.29 is 4.74 Å². The number of benzene rings is 1. The van der Waals surface area contributed by atoms with Crippen molar-refractivity contribution in [3.8, 4) is 5.75 Å². The summed E-state index contributed by atoms with van der Waals surface area (Å²) in [5.41, 5.74) is 6.97. The van der Waals surface area contributed by atoms with Gasteiger partial charge in [-0.3, -0.25) is 5.41 Å². The van der Waals surface area contributed by atoms with Crippen LogP contribution in [0, 0.1) is 10.8 Å². The number of anilines is 1. The maximum Gasteiger partial charge on any atom is 0.199 e. The molecule has 142 valence electrons. The van der Waals surface area contributed by atoms with Crippen molar-refractivity contribution in [2.24, 2.45) is 4.99 Å². The summed E-state index contributed by atoms with van der Waals surface area (Å²) in [5.74, 6) is 1.98. The topological polar surface area (TPSA) is 139 Å². The van der Waals surface area contributed by atoms with Crippen molar-refractivity contribution in [1.29, 1.82) is 10.8 Å². The Hall–Kier alpha value is -3.36. The fourth-order valence-electron chi connectivity index (χ4n) is 3.04. The van der Waals surface area contributed by atoms with E-state index in [1.54, 1.807) is 13.2 Å². The fraction of sp³-hybridized carbons (Fsp3) is 0.333. The van der Waals surface area contributed by atoms with Crippen LogP contribution in [-0.4, -0.2) is 53.7 Å². The summed E-state index contributed by atoms with van der Waals surface area (Å²) in [6, 6.07) is 5.53. The normalized spacial score (nSPS) is 16.4. The second-order valence-electron chi connectivity index (χ2n) is 6.12. The SMILES string of the molecule is COc1cccc2/c(=N/C(=N)CCN3CCCN/C3=C\C=N)[nH]c(N)nc12. The minimum atomic E-state index is 0.218. The summed E-state index contributed by atoms with van der Waals surface area (Å²) in [4.78, 5) is 13.8. The summed E-state index contributed by atoms with van der Waals surface area (Å²) in [6.07, 6.45) is 4.50. The van der Waals surface area contributed by atoms with E-state index in [0.29, 0.717) is 29.7 Å². The third-order valence-corrected chi connectivity index (χ3v) is 4.31. The van der Waals surface area contributed by atoms with Crippen molar-refractivity contribution in [2.75, 3.05) is 32.5 Å². The molecule has 0 amide bonds. The number of rotatable bonds is 5. The number of amidine groups is 1. The van der Waals surface area contributed by atoms with Gasteiger partial charge < -0.3 is 31.1 Å². The van der Waals surface area contributed by atoms with Crippen molar-refractivity contribution in [1.82, 2.24) is 20.2 Å². The molecule has 0 unspecified atom stereocenters. The van der Waals surface area contributed by atoms with Gasteiger partial charge in [-0.05, 0) is 24.6 Å². The molecule has 6 N–H and O–H groups in total.